The van der Waals surface area contributed by atoms with Crippen LogP contribution in [0.2, 0.25) is 0 Å². The lowest BCUT2D eigenvalue weighted by atomic mass is 9.93. The second-order valence-electron chi connectivity index (χ2n) is 7.66. The number of aromatic carboxylic acids is 2. The Bertz CT molecular complexity index is 1240. The molecule has 2 N–H and O–H groups in total. The quantitative estimate of drug-likeness (QED) is 0.312. The van der Waals surface area contributed by atoms with Gasteiger partial charge >= 0.3 is 11.9 Å². The molecule has 0 unspecified atom stereocenters. The molecule has 0 aliphatic carbocycles. The molecular weight excluding hydrogens is 424 g/mol. The molecule has 166 valence electrons. The van der Waals surface area contributed by atoms with E-state index in [0.717, 1.165) is 33.4 Å². The summed E-state index contributed by atoms with van der Waals surface area (Å²) < 4.78 is 0. The standard InChI is InChI=1S/C30H22O4/c31-29(32)25-15-11-23(12-16-25)27(21-7-3-1-4-8-21)19-20-28(22-9-5-2-6-10-22)24-13-17-26(18-14-24)30(33)34/h1-20H,(H,31,32)(H,33,34)/b27-19-,28-20-. The van der Waals surface area contributed by atoms with Gasteiger partial charge < -0.3 is 10.2 Å². The highest BCUT2D eigenvalue weighted by Crippen LogP contribution is 2.28. The smallest absolute Gasteiger partial charge is 0.335 e. The van der Waals surface area contributed by atoms with Crippen molar-refractivity contribution in [2.75, 3.05) is 0 Å². The van der Waals surface area contributed by atoms with Gasteiger partial charge in [0.25, 0.3) is 0 Å². The summed E-state index contributed by atoms with van der Waals surface area (Å²) in [5.74, 6) is -1.93. The summed E-state index contributed by atoms with van der Waals surface area (Å²) in [6.07, 6.45) is 4.02. The Morgan fingerprint density at radius 1 is 0.412 bits per heavy atom. The molecular formula is C30H22O4. The molecule has 0 saturated heterocycles. The van der Waals surface area contributed by atoms with E-state index >= 15 is 0 Å². The molecule has 4 nitrogen and oxygen atoms in total. The van der Waals surface area contributed by atoms with Crippen molar-refractivity contribution in [3.8, 4) is 0 Å². The van der Waals surface area contributed by atoms with Crippen molar-refractivity contribution in [3.05, 3.63) is 155 Å². The van der Waals surface area contributed by atoms with Gasteiger partial charge in [-0.15, -0.1) is 0 Å². The first kappa shape index (κ1) is 22.5. The topological polar surface area (TPSA) is 74.6 Å². The zero-order chi connectivity index (χ0) is 23.9. The van der Waals surface area contributed by atoms with Crippen LogP contribution in [0.4, 0.5) is 0 Å². The minimum Gasteiger partial charge on any atom is -0.478 e. The normalized spacial score (nSPS) is 11.8. The first-order chi connectivity index (χ1) is 16.5. The lowest BCUT2D eigenvalue weighted by molar-refractivity contribution is 0.0686. The van der Waals surface area contributed by atoms with E-state index in [1.54, 1.807) is 48.5 Å². The summed E-state index contributed by atoms with van der Waals surface area (Å²) in [6, 6.07) is 33.4. The highest BCUT2D eigenvalue weighted by Gasteiger charge is 2.10. The van der Waals surface area contributed by atoms with Gasteiger partial charge in [0.2, 0.25) is 0 Å². The minimum atomic E-state index is -0.965. The van der Waals surface area contributed by atoms with E-state index in [1.165, 1.54) is 0 Å². The number of hydrogen-bond donors (Lipinski definition) is 2. The third-order valence-electron chi connectivity index (χ3n) is 5.47. The predicted molar refractivity (Wildman–Crippen MR) is 134 cm³/mol. The minimum absolute atomic E-state index is 0.232. The van der Waals surface area contributed by atoms with Crippen molar-refractivity contribution >= 4 is 23.1 Å². The number of allylic oxidation sites excluding steroid dienone is 2. The monoisotopic (exact) mass is 446 g/mol. The van der Waals surface area contributed by atoms with Crippen molar-refractivity contribution in [1.82, 2.24) is 0 Å². The van der Waals surface area contributed by atoms with E-state index in [-0.39, 0.29) is 11.1 Å². The maximum absolute atomic E-state index is 11.3. The molecule has 4 aromatic carbocycles. The number of benzene rings is 4. The summed E-state index contributed by atoms with van der Waals surface area (Å²) >= 11 is 0. The van der Waals surface area contributed by atoms with E-state index in [0.29, 0.717) is 0 Å². The Morgan fingerprint density at radius 2 is 0.676 bits per heavy atom. The summed E-state index contributed by atoms with van der Waals surface area (Å²) in [5.41, 5.74) is 6.11. The second-order valence-corrected chi connectivity index (χ2v) is 7.66. The van der Waals surface area contributed by atoms with Crippen molar-refractivity contribution < 1.29 is 19.8 Å². The van der Waals surface area contributed by atoms with Gasteiger partial charge in [0.05, 0.1) is 11.1 Å². The first-order valence-corrected chi connectivity index (χ1v) is 10.7. The van der Waals surface area contributed by atoms with Crippen LogP contribution in [0, 0.1) is 0 Å². The molecule has 4 aromatic rings. The van der Waals surface area contributed by atoms with Crippen LogP contribution >= 0.6 is 0 Å². The van der Waals surface area contributed by atoms with Gasteiger partial charge in [-0.25, -0.2) is 9.59 Å². The third-order valence-corrected chi connectivity index (χ3v) is 5.47. The van der Waals surface area contributed by atoms with Crippen molar-refractivity contribution in [2.24, 2.45) is 0 Å². The summed E-state index contributed by atoms with van der Waals surface area (Å²) in [4.78, 5) is 22.6. The molecule has 0 aromatic heterocycles. The average molecular weight is 447 g/mol. The van der Waals surface area contributed by atoms with Crippen LogP contribution in [-0.4, -0.2) is 22.2 Å². The SMILES string of the molecule is O=C(O)c1ccc(/C(=C\C=C(\c2ccccc2)c2ccc(C(=O)O)cc2)c2ccccc2)cc1. The molecule has 0 fully saturated rings. The maximum atomic E-state index is 11.3. The maximum Gasteiger partial charge on any atom is 0.335 e. The molecule has 0 bridgehead atoms. The summed E-state index contributed by atoms with van der Waals surface area (Å²) in [5, 5.41) is 18.5. The summed E-state index contributed by atoms with van der Waals surface area (Å²) in [7, 11) is 0. The van der Waals surface area contributed by atoms with E-state index in [4.69, 9.17) is 0 Å². The van der Waals surface area contributed by atoms with Gasteiger partial charge in [-0.1, -0.05) is 97.1 Å². The molecule has 34 heavy (non-hydrogen) atoms. The van der Waals surface area contributed by atoms with Crippen LogP contribution in [0.1, 0.15) is 43.0 Å². The number of rotatable bonds is 7. The van der Waals surface area contributed by atoms with Crippen LogP contribution < -0.4 is 0 Å². The molecule has 0 radical (unpaired) electrons. The van der Waals surface area contributed by atoms with Gasteiger partial charge in [0.15, 0.2) is 0 Å². The Hall–Kier alpha value is -4.70. The van der Waals surface area contributed by atoms with Gasteiger partial charge in [-0.05, 0) is 57.7 Å². The molecule has 4 rings (SSSR count). The highest BCUT2D eigenvalue weighted by molar-refractivity contribution is 5.91. The molecule has 0 heterocycles. The Morgan fingerprint density at radius 3 is 0.971 bits per heavy atom. The van der Waals surface area contributed by atoms with Crippen molar-refractivity contribution in [3.63, 3.8) is 0 Å². The fourth-order valence-electron chi connectivity index (χ4n) is 3.71. The van der Waals surface area contributed by atoms with E-state index in [1.807, 2.05) is 72.8 Å². The zero-order valence-corrected chi connectivity index (χ0v) is 18.3. The van der Waals surface area contributed by atoms with Gasteiger partial charge in [-0.3, -0.25) is 0 Å². The van der Waals surface area contributed by atoms with Crippen LogP contribution in [-0.2, 0) is 0 Å². The number of hydrogen-bond acceptors (Lipinski definition) is 2. The average Bonchev–Trinajstić information content (AvgIpc) is 2.88. The van der Waals surface area contributed by atoms with Gasteiger partial charge in [0, 0.05) is 0 Å². The van der Waals surface area contributed by atoms with Crippen LogP contribution in [0.15, 0.2) is 121 Å². The summed E-state index contributed by atoms with van der Waals surface area (Å²) in [6.45, 7) is 0. The first-order valence-electron chi connectivity index (χ1n) is 10.7. The van der Waals surface area contributed by atoms with E-state index < -0.39 is 11.9 Å². The zero-order valence-electron chi connectivity index (χ0n) is 18.3. The van der Waals surface area contributed by atoms with Crippen molar-refractivity contribution in [1.29, 1.82) is 0 Å². The fourth-order valence-corrected chi connectivity index (χ4v) is 3.71. The van der Waals surface area contributed by atoms with Crippen LogP contribution in [0.3, 0.4) is 0 Å². The van der Waals surface area contributed by atoms with Crippen molar-refractivity contribution in [2.45, 2.75) is 0 Å². The fraction of sp³-hybridized carbons (Fsp3) is 0. The Kier molecular flexibility index (Phi) is 6.80. The van der Waals surface area contributed by atoms with Gasteiger partial charge in [-0.2, -0.15) is 0 Å². The largest absolute Gasteiger partial charge is 0.478 e. The highest BCUT2D eigenvalue weighted by atomic mass is 16.4. The molecule has 0 saturated carbocycles. The molecule has 4 heteroatoms. The van der Waals surface area contributed by atoms with E-state index in [9.17, 15) is 19.8 Å². The molecule has 0 atom stereocenters. The Balaban J connectivity index is 1.85. The molecule has 0 amide bonds. The van der Waals surface area contributed by atoms with E-state index in [2.05, 4.69) is 0 Å². The second kappa shape index (κ2) is 10.3. The number of carboxylic acid groups (broad SMARTS) is 2. The van der Waals surface area contributed by atoms with Crippen LogP contribution in [0.25, 0.3) is 11.1 Å². The predicted octanol–water partition coefficient (Wildman–Crippen LogP) is 6.65. The van der Waals surface area contributed by atoms with Crippen LogP contribution in [0.5, 0.6) is 0 Å². The lowest BCUT2D eigenvalue weighted by Crippen LogP contribution is -1.97. The number of carboxylic acids is 2. The molecule has 0 spiro atoms. The lowest BCUT2D eigenvalue weighted by Gasteiger charge is -2.11. The Labute approximate surface area is 197 Å². The molecule has 0 aliphatic rings. The third kappa shape index (κ3) is 5.19. The molecule has 0 aliphatic heterocycles. The van der Waals surface area contributed by atoms with Gasteiger partial charge in [0.1, 0.15) is 0 Å². The number of carbonyl (C=O) groups is 2.